The summed E-state index contributed by atoms with van der Waals surface area (Å²) in [6.45, 7) is -0.135. The zero-order valence-corrected chi connectivity index (χ0v) is 25.2. The molecule has 0 spiro atoms. The predicted molar refractivity (Wildman–Crippen MR) is 167 cm³/mol. The first-order chi connectivity index (χ1) is 21.3. The highest BCUT2D eigenvalue weighted by atomic mass is 32.2. The second-order valence-electron chi connectivity index (χ2n) is 10.2. The first-order valence-electron chi connectivity index (χ1n) is 13.3. The minimum Gasteiger partial charge on any atom is -0.481 e. The zero-order chi connectivity index (χ0) is 30.8. The number of aliphatic carboxylic acids is 1. The number of carboxylic acid groups (broad SMARTS) is 1. The Kier molecular flexibility index (Phi) is 8.16. The molecular formula is C29H25N7O5S3. The van der Waals surface area contributed by atoms with Gasteiger partial charge in [0, 0.05) is 28.5 Å². The molecule has 6 rings (SSSR count). The topological polar surface area (TPSA) is 184 Å². The average molecular weight is 648 g/mol. The van der Waals surface area contributed by atoms with Crippen LogP contribution in [-0.4, -0.2) is 76.5 Å². The fourth-order valence-electron chi connectivity index (χ4n) is 5.56. The van der Waals surface area contributed by atoms with Crippen LogP contribution in [-0.2, 0) is 14.4 Å². The van der Waals surface area contributed by atoms with Crippen LogP contribution in [0.5, 0.6) is 0 Å². The van der Waals surface area contributed by atoms with Crippen molar-refractivity contribution >= 4 is 69.3 Å². The summed E-state index contributed by atoms with van der Waals surface area (Å²) in [4.78, 5) is 45.5. The van der Waals surface area contributed by atoms with Crippen LogP contribution in [0, 0.1) is 5.41 Å². The van der Waals surface area contributed by atoms with Crippen molar-refractivity contribution in [1.29, 1.82) is 0 Å². The molecule has 2 aromatic carbocycles. The molecule has 2 aliphatic rings. The van der Waals surface area contributed by atoms with Gasteiger partial charge in [-0.2, -0.15) is 0 Å². The van der Waals surface area contributed by atoms with Gasteiger partial charge in [-0.05, 0) is 28.7 Å². The minimum absolute atomic E-state index is 0.0742. The summed E-state index contributed by atoms with van der Waals surface area (Å²) in [6, 6.07) is 18.2. The number of carbonyl (C=O) groups is 3. The Morgan fingerprint density at radius 3 is 2.34 bits per heavy atom. The standard InChI is InChI=1S/C29H25N7O5S3/c30-28-31-19(14-42-28)21(34-41)24(37)32-22-25(38)36-15-29(27(39)40,12-11-18-13-43-35-33-18)23(44-26(22)36)20(16-7-3-1-4-8-16)17-9-5-2-6-10-17/h1-14,20,22-23,26,41H,15H2,(H2,30,31)(H,32,37)(H,39,40)/t22?,23?,26-,29?/m1/s1. The van der Waals surface area contributed by atoms with Crippen molar-refractivity contribution in [3.63, 3.8) is 0 Å². The zero-order valence-electron chi connectivity index (χ0n) is 22.8. The van der Waals surface area contributed by atoms with E-state index >= 15 is 0 Å². The number of rotatable bonds is 9. The van der Waals surface area contributed by atoms with E-state index in [2.05, 4.69) is 25.0 Å². The largest absolute Gasteiger partial charge is 0.481 e. The maximum Gasteiger partial charge on any atom is 0.316 e. The molecule has 0 aliphatic carbocycles. The van der Waals surface area contributed by atoms with E-state index in [0.717, 1.165) is 34.0 Å². The third-order valence-corrected chi connectivity index (χ3v) is 10.7. The molecule has 2 aliphatic heterocycles. The SMILES string of the molecule is Nc1nc(C(=NO)C(=O)NC2C(=O)N3CC(C=Cc4csnn4)(C(=O)O)C(C(c4ccccc4)c4ccccc4)S[C@H]23)cs1. The van der Waals surface area contributed by atoms with Gasteiger partial charge < -0.3 is 26.3 Å². The molecule has 4 atom stereocenters. The second kappa shape index (κ2) is 12.2. The minimum atomic E-state index is -1.54. The van der Waals surface area contributed by atoms with Gasteiger partial charge in [0.05, 0.1) is 5.69 Å². The van der Waals surface area contributed by atoms with E-state index in [1.807, 2.05) is 60.7 Å². The number of β-lactam (4-membered cyclic amide) rings is 1. The lowest BCUT2D eigenvalue weighted by Crippen LogP contribution is -2.75. The number of thiazole rings is 1. The van der Waals surface area contributed by atoms with E-state index in [9.17, 15) is 24.7 Å². The lowest BCUT2D eigenvalue weighted by molar-refractivity contribution is -0.157. The van der Waals surface area contributed by atoms with Gasteiger partial charge in [0.2, 0.25) is 5.91 Å². The molecule has 2 saturated heterocycles. The number of hydrogen-bond acceptors (Lipinski definition) is 12. The summed E-state index contributed by atoms with van der Waals surface area (Å²) >= 11 is 3.54. The van der Waals surface area contributed by atoms with Gasteiger partial charge >= 0.3 is 5.97 Å². The molecule has 2 amide bonds. The Balaban J connectivity index is 1.40. The van der Waals surface area contributed by atoms with Crippen molar-refractivity contribution in [2.75, 3.05) is 12.3 Å². The summed E-state index contributed by atoms with van der Waals surface area (Å²) in [5.74, 6) is -2.75. The number of hydrogen-bond donors (Lipinski definition) is 4. The summed E-state index contributed by atoms with van der Waals surface area (Å²) in [6.07, 6.45) is 3.24. The molecule has 4 aromatic rings. The molecule has 12 nitrogen and oxygen atoms in total. The van der Waals surface area contributed by atoms with E-state index in [1.54, 1.807) is 17.5 Å². The van der Waals surface area contributed by atoms with Crippen LogP contribution in [0.25, 0.3) is 6.08 Å². The molecule has 0 bridgehead atoms. The highest BCUT2D eigenvalue weighted by Gasteiger charge is 2.62. The molecule has 2 aromatic heterocycles. The van der Waals surface area contributed by atoms with Crippen LogP contribution < -0.4 is 11.1 Å². The number of nitrogens with zero attached hydrogens (tertiary/aromatic N) is 5. The molecule has 5 N–H and O–H groups in total. The number of carboxylic acids is 1. The molecule has 3 unspecified atom stereocenters. The quantitative estimate of drug-likeness (QED) is 0.0911. The van der Waals surface area contributed by atoms with Crippen LogP contribution >= 0.6 is 34.6 Å². The Morgan fingerprint density at radius 1 is 1.11 bits per heavy atom. The maximum atomic E-state index is 13.5. The molecule has 0 radical (unpaired) electrons. The summed E-state index contributed by atoms with van der Waals surface area (Å²) in [5.41, 5.74) is 6.15. The normalized spacial score (nSPS) is 23.4. The van der Waals surface area contributed by atoms with Crippen molar-refractivity contribution in [2.24, 2.45) is 10.6 Å². The lowest BCUT2D eigenvalue weighted by Gasteiger charge is -2.57. The van der Waals surface area contributed by atoms with Gasteiger partial charge in [0.15, 0.2) is 10.8 Å². The van der Waals surface area contributed by atoms with Crippen molar-refractivity contribution in [1.82, 2.24) is 24.8 Å². The molecule has 44 heavy (non-hydrogen) atoms. The van der Waals surface area contributed by atoms with Crippen molar-refractivity contribution in [3.05, 3.63) is 100 Å². The summed E-state index contributed by atoms with van der Waals surface area (Å²) < 4.78 is 3.88. The van der Waals surface area contributed by atoms with E-state index in [0.29, 0.717) is 5.69 Å². The molecule has 4 heterocycles. The number of aromatic nitrogens is 3. The van der Waals surface area contributed by atoms with Gasteiger partial charge in [-0.25, -0.2) is 4.98 Å². The van der Waals surface area contributed by atoms with Crippen molar-refractivity contribution in [3.8, 4) is 0 Å². The Morgan fingerprint density at radius 2 is 1.80 bits per heavy atom. The predicted octanol–water partition coefficient (Wildman–Crippen LogP) is 3.14. The van der Waals surface area contributed by atoms with Gasteiger partial charge in [-0.3, -0.25) is 14.4 Å². The van der Waals surface area contributed by atoms with Crippen molar-refractivity contribution in [2.45, 2.75) is 22.6 Å². The number of carbonyl (C=O) groups excluding carboxylic acids is 2. The van der Waals surface area contributed by atoms with Crippen molar-refractivity contribution < 1.29 is 24.7 Å². The van der Waals surface area contributed by atoms with Crippen LogP contribution in [0.1, 0.15) is 28.4 Å². The number of oxime groups is 1. The van der Waals surface area contributed by atoms with Crippen LogP contribution in [0.3, 0.4) is 0 Å². The van der Waals surface area contributed by atoms with E-state index in [4.69, 9.17) is 5.73 Å². The fraction of sp³-hybridized carbons (Fsp3) is 0.207. The van der Waals surface area contributed by atoms with Gasteiger partial charge in [-0.15, -0.1) is 28.2 Å². The average Bonchev–Trinajstić information content (AvgIpc) is 3.72. The number of nitrogens with two attached hydrogens (primary N) is 1. The molecular weight excluding hydrogens is 623 g/mol. The van der Waals surface area contributed by atoms with E-state index in [-0.39, 0.29) is 23.1 Å². The van der Waals surface area contributed by atoms with Crippen LogP contribution in [0.15, 0.2) is 82.7 Å². The van der Waals surface area contributed by atoms with Gasteiger partial charge in [0.1, 0.15) is 22.5 Å². The van der Waals surface area contributed by atoms with Crippen LogP contribution in [0.2, 0.25) is 0 Å². The van der Waals surface area contributed by atoms with E-state index < -0.39 is 45.8 Å². The van der Waals surface area contributed by atoms with Gasteiger partial charge in [-0.1, -0.05) is 76.4 Å². The fourth-order valence-corrected chi connectivity index (χ4v) is 8.47. The first kappa shape index (κ1) is 29.5. The smallest absolute Gasteiger partial charge is 0.316 e. The Bertz CT molecular complexity index is 1690. The number of amides is 2. The first-order valence-corrected chi connectivity index (χ1v) is 16.0. The number of fused-ring (bicyclic) bond motifs is 1. The summed E-state index contributed by atoms with van der Waals surface area (Å²) in [7, 11) is 0. The molecule has 15 heteroatoms. The third kappa shape index (κ3) is 5.33. The Hall–Kier alpha value is -4.60. The summed E-state index contributed by atoms with van der Waals surface area (Å²) in [5, 5.41) is 32.4. The third-order valence-electron chi connectivity index (χ3n) is 7.68. The number of anilines is 1. The van der Waals surface area contributed by atoms with E-state index in [1.165, 1.54) is 22.0 Å². The Labute approximate surface area is 263 Å². The van der Waals surface area contributed by atoms with Gasteiger partial charge in [0.25, 0.3) is 5.91 Å². The maximum absolute atomic E-state index is 13.5. The number of nitrogens with one attached hydrogen (secondary N) is 1. The van der Waals surface area contributed by atoms with Crippen LogP contribution in [0.4, 0.5) is 5.13 Å². The second-order valence-corrected chi connectivity index (χ2v) is 13.0. The molecule has 0 saturated carbocycles. The highest BCUT2D eigenvalue weighted by Crippen LogP contribution is 2.54. The lowest BCUT2D eigenvalue weighted by atomic mass is 9.72. The number of nitrogen functional groups attached to an aromatic ring is 1. The molecule has 2 fully saturated rings. The highest BCUT2D eigenvalue weighted by molar-refractivity contribution is 8.00. The number of thioether (sulfide) groups is 1. The number of benzene rings is 2. The molecule has 224 valence electrons. The monoisotopic (exact) mass is 647 g/mol.